The van der Waals surface area contributed by atoms with Crippen molar-refractivity contribution in [2.24, 2.45) is 0 Å². The van der Waals surface area contributed by atoms with Crippen molar-refractivity contribution in [1.82, 2.24) is 0 Å². The first-order chi connectivity index (χ1) is 9.69. The first-order valence-corrected chi connectivity index (χ1v) is 7.57. The molecule has 0 fully saturated rings. The van der Waals surface area contributed by atoms with Gasteiger partial charge in [0.2, 0.25) is 0 Å². The summed E-state index contributed by atoms with van der Waals surface area (Å²) in [6.45, 7) is 0.524. The zero-order valence-electron chi connectivity index (χ0n) is 10.5. The Labute approximate surface area is 131 Å². The van der Waals surface area contributed by atoms with Crippen molar-refractivity contribution < 1.29 is 9.84 Å². The molecule has 0 spiro atoms. The third kappa shape index (κ3) is 4.43. The predicted molar refractivity (Wildman–Crippen MR) is 83.7 cm³/mol. The molecule has 20 heavy (non-hydrogen) atoms. The molecule has 5 heteroatoms. The Morgan fingerprint density at radius 3 is 2.85 bits per heavy atom. The predicted octanol–water partition coefficient (Wildman–Crippen LogP) is 4.37. The van der Waals surface area contributed by atoms with Crippen LogP contribution in [0.25, 0.3) is 0 Å². The molecule has 0 aliphatic rings. The lowest BCUT2D eigenvalue weighted by molar-refractivity contribution is 0.305. The van der Waals surface area contributed by atoms with Gasteiger partial charge in [-0.3, -0.25) is 0 Å². The molecular formula is C15H12Cl2O2S. The molecule has 1 heterocycles. The van der Waals surface area contributed by atoms with E-state index >= 15 is 0 Å². The number of rotatable bonds is 4. The second-order valence-electron chi connectivity index (χ2n) is 3.94. The van der Waals surface area contributed by atoms with Gasteiger partial charge in [0.15, 0.2) is 0 Å². The zero-order valence-corrected chi connectivity index (χ0v) is 12.9. The van der Waals surface area contributed by atoms with Crippen molar-refractivity contribution >= 4 is 34.5 Å². The van der Waals surface area contributed by atoms with Gasteiger partial charge in [0.1, 0.15) is 12.4 Å². The molecule has 1 aromatic carbocycles. The van der Waals surface area contributed by atoms with E-state index in [4.69, 9.17) is 33.0 Å². The lowest BCUT2D eigenvalue weighted by Crippen LogP contribution is -1.93. The molecule has 0 aliphatic carbocycles. The SMILES string of the molecule is OCCC#Cc1csc(COc2ccc(Cl)cc2Cl)c1. The van der Waals surface area contributed by atoms with Crippen LogP contribution in [0.5, 0.6) is 5.75 Å². The summed E-state index contributed by atoms with van der Waals surface area (Å²) in [4.78, 5) is 1.06. The molecule has 0 atom stereocenters. The Morgan fingerprint density at radius 2 is 2.10 bits per heavy atom. The number of hydrogen-bond donors (Lipinski definition) is 1. The average Bonchev–Trinajstić information content (AvgIpc) is 2.86. The monoisotopic (exact) mass is 326 g/mol. The van der Waals surface area contributed by atoms with Gasteiger partial charge in [0, 0.05) is 27.3 Å². The summed E-state index contributed by atoms with van der Waals surface area (Å²) in [6, 6.07) is 7.11. The molecule has 0 bridgehead atoms. The fourth-order valence-electron chi connectivity index (χ4n) is 1.48. The smallest absolute Gasteiger partial charge is 0.138 e. The number of aliphatic hydroxyl groups excluding tert-OH is 1. The molecule has 2 aromatic rings. The average molecular weight is 327 g/mol. The maximum absolute atomic E-state index is 8.66. The van der Waals surface area contributed by atoms with Gasteiger partial charge in [-0.25, -0.2) is 0 Å². The van der Waals surface area contributed by atoms with E-state index in [9.17, 15) is 0 Å². The second kappa shape index (κ2) is 7.56. The minimum absolute atomic E-state index is 0.0855. The molecule has 0 unspecified atom stereocenters. The number of thiophene rings is 1. The zero-order chi connectivity index (χ0) is 14.4. The fourth-order valence-corrected chi connectivity index (χ4v) is 2.67. The van der Waals surface area contributed by atoms with E-state index < -0.39 is 0 Å². The van der Waals surface area contributed by atoms with Gasteiger partial charge in [0.05, 0.1) is 11.6 Å². The lowest BCUT2D eigenvalue weighted by Gasteiger charge is -2.06. The van der Waals surface area contributed by atoms with Crippen LogP contribution in [-0.4, -0.2) is 11.7 Å². The van der Waals surface area contributed by atoms with Gasteiger partial charge in [-0.2, -0.15) is 0 Å². The molecule has 0 saturated heterocycles. The number of ether oxygens (including phenoxy) is 1. The van der Waals surface area contributed by atoms with Crippen molar-refractivity contribution in [2.45, 2.75) is 13.0 Å². The van der Waals surface area contributed by atoms with Gasteiger partial charge in [0.25, 0.3) is 0 Å². The molecule has 1 aromatic heterocycles. The minimum atomic E-state index is 0.0855. The van der Waals surface area contributed by atoms with Crippen molar-refractivity contribution in [2.75, 3.05) is 6.61 Å². The van der Waals surface area contributed by atoms with Crippen molar-refractivity contribution in [3.05, 3.63) is 50.1 Å². The quantitative estimate of drug-likeness (QED) is 0.845. The maximum Gasteiger partial charge on any atom is 0.138 e. The Morgan fingerprint density at radius 1 is 1.25 bits per heavy atom. The lowest BCUT2D eigenvalue weighted by atomic mass is 10.3. The van der Waals surface area contributed by atoms with E-state index in [0.717, 1.165) is 10.4 Å². The number of aliphatic hydroxyl groups is 1. The van der Waals surface area contributed by atoms with Crippen molar-refractivity contribution in [3.8, 4) is 17.6 Å². The molecule has 0 amide bonds. The Kier molecular flexibility index (Phi) is 5.75. The van der Waals surface area contributed by atoms with Crippen LogP contribution in [0.3, 0.4) is 0 Å². The van der Waals surface area contributed by atoms with Crippen LogP contribution in [0, 0.1) is 11.8 Å². The fraction of sp³-hybridized carbons (Fsp3) is 0.200. The van der Waals surface area contributed by atoms with E-state index in [1.807, 2.05) is 11.4 Å². The van der Waals surface area contributed by atoms with Gasteiger partial charge in [-0.1, -0.05) is 35.0 Å². The van der Waals surface area contributed by atoms with E-state index in [1.54, 1.807) is 29.5 Å². The molecule has 104 valence electrons. The summed E-state index contributed by atoms with van der Waals surface area (Å²) in [6.07, 6.45) is 0.488. The van der Waals surface area contributed by atoms with Crippen molar-refractivity contribution in [1.29, 1.82) is 0 Å². The highest BCUT2D eigenvalue weighted by atomic mass is 35.5. The van der Waals surface area contributed by atoms with Crippen LogP contribution >= 0.6 is 34.5 Å². The van der Waals surface area contributed by atoms with Gasteiger partial charge >= 0.3 is 0 Å². The molecule has 1 N–H and O–H groups in total. The Bertz CT molecular complexity index is 641. The summed E-state index contributed by atoms with van der Waals surface area (Å²) >= 11 is 13.4. The third-order valence-corrected chi connectivity index (χ3v) is 3.83. The van der Waals surface area contributed by atoms with Gasteiger partial charge < -0.3 is 9.84 Å². The second-order valence-corrected chi connectivity index (χ2v) is 5.78. The molecule has 0 saturated carbocycles. The first-order valence-electron chi connectivity index (χ1n) is 5.94. The molecule has 2 nitrogen and oxygen atoms in total. The van der Waals surface area contributed by atoms with E-state index in [2.05, 4.69) is 11.8 Å². The molecular weight excluding hydrogens is 315 g/mol. The highest BCUT2D eigenvalue weighted by Crippen LogP contribution is 2.28. The van der Waals surface area contributed by atoms with E-state index in [1.165, 1.54) is 0 Å². The summed E-state index contributed by atoms with van der Waals surface area (Å²) in [5, 5.41) is 11.7. The maximum atomic E-state index is 8.66. The molecule has 0 radical (unpaired) electrons. The third-order valence-electron chi connectivity index (χ3n) is 2.39. The summed E-state index contributed by atoms with van der Waals surface area (Å²) in [5.41, 5.74) is 0.934. The van der Waals surface area contributed by atoms with Crippen molar-refractivity contribution in [3.63, 3.8) is 0 Å². The van der Waals surface area contributed by atoms with Crippen LogP contribution in [0.15, 0.2) is 29.6 Å². The van der Waals surface area contributed by atoms with Crippen LogP contribution in [0.2, 0.25) is 10.0 Å². The first kappa shape index (κ1) is 15.2. The normalized spacial score (nSPS) is 9.95. The minimum Gasteiger partial charge on any atom is -0.487 e. The van der Waals surface area contributed by atoms with Gasteiger partial charge in [-0.05, 0) is 24.3 Å². The standard InChI is InChI=1S/C15H12Cl2O2S/c16-12-4-5-15(14(17)8-12)19-9-13-7-11(10-20-13)3-1-2-6-18/h4-5,7-8,10,18H,2,6,9H2. The Balaban J connectivity index is 1.96. The van der Waals surface area contributed by atoms with Crippen LogP contribution < -0.4 is 4.74 Å². The molecule has 2 rings (SSSR count). The summed E-state index contributed by atoms with van der Waals surface area (Å²) in [7, 11) is 0. The highest BCUT2D eigenvalue weighted by molar-refractivity contribution is 7.10. The van der Waals surface area contributed by atoms with Gasteiger partial charge in [-0.15, -0.1) is 11.3 Å². The number of benzene rings is 1. The van der Waals surface area contributed by atoms with Crippen LogP contribution in [0.4, 0.5) is 0 Å². The summed E-state index contributed by atoms with van der Waals surface area (Å²) in [5.74, 6) is 6.48. The van der Waals surface area contributed by atoms with E-state index in [0.29, 0.717) is 28.8 Å². The Hall–Kier alpha value is -1.18. The van der Waals surface area contributed by atoms with Crippen LogP contribution in [-0.2, 0) is 6.61 Å². The molecule has 0 aliphatic heterocycles. The largest absolute Gasteiger partial charge is 0.487 e. The summed E-state index contributed by atoms with van der Waals surface area (Å²) < 4.78 is 5.65. The van der Waals surface area contributed by atoms with E-state index in [-0.39, 0.29) is 6.61 Å². The topological polar surface area (TPSA) is 29.5 Å². The van der Waals surface area contributed by atoms with Crippen LogP contribution in [0.1, 0.15) is 16.9 Å². The number of hydrogen-bond acceptors (Lipinski definition) is 3. The number of halogens is 2. The highest BCUT2D eigenvalue weighted by Gasteiger charge is 2.04.